The van der Waals surface area contributed by atoms with E-state index in [0.717, 1.165) is 29.9 Å². The van der Waals surface area contributed by atoms with Gasteiger partial charge in [-0.1, -0.05) is 42.4 Å². The van der Waals surface area contributed by atoms with Gasteiger partial charge in [0.1, 0.15) is 0 Å². The van der Waals surface area contributed by atoms with Crippen molar-refractivity contribution in [1.82, 2.24) is 25.4 Å². The van der Waals surface area contributed by atoms with E-state index < -0.39 is 11.3 Å². The second-order valence-corrected chi connectivity index (χ2v) is 6.96. The van der Waals surface area contributed by atoms with Crippen molar-refractivity contribution in [2.24, 2.45) is 0 Å². The van der Waals surface area contributed by atoms with Crippen LogP contribution in [0.1, 0.15) is 25.8 Å². The fourth-order valence-corrected chi connectivity index (χ4v) is 3.16. The predicted molar refractivity (Wildman–Crippen MR) is 98.4 cm³/mol. The van der Waals surface area contributed by atoms with Crippen LogP contribution >= 0.6 is 11.8 Å². The van der Waals surface area contributed by atoms with Gasteiger partial charge < -0.3 is 9.88 Å². The van der Waals surface area contributed by atoms with Crippen molar-refractivity contribution in [3.63, 3.8) is 0 Å². The van der Waals surface area contributed by atoms with Crippen molar-refractivity contribution >= 4 is 23.7 Å². The molecule has 0 aliphatic rings. The number of carbonyl (C=O) groups is 2. The summed E-state index contributed by atoms with van der Waals surface area (Å²) in [6, 6.07) is 7.56. The number of hydrogen-bond acceptors (Lipinski definition) is 5. The van der Waals surface area contributed by atoms with E-state index >= 15 is 0 Å². The lowest BCUT2D eigenvalue weighted by Crippen LogP contribution is -2.41. The molecule has 0 radical (unpaired) electrons. The van der Waals surface area contributed by atoms with Gasteiger partial charge in [-0.05, 0) is 26.3 Å². The third kappa shape index (κ3) is 4.82. The Morgan fingerprint density at radius 1 is 1.32 bits per heavy atom. The number of thioether (sulfide) groups is 1. The molecule has 2 aromatic rings. The third-order valence-electron chi connectivity index (χ3n) is 3.56. The van der Waals surface area contributed by atoms with Crippen LogP contribution in [0.3, 0.4) is 0 Å². The van der Waals surface area contributed by atoms with Gasteiger partial charge in [0.15, 0.2) is 11.0 Å². The van der Waals surface area contributed by atoms with Gasteiger partial charge in [-0.25, -0.2) is 4.79 Å². The van der Waals surface area contributed by atoms with Crippen LogP contribution in [0.4, 0.5) is 4.79 Å². The molecule has 2 rings (SSSR count). The molecular weight excluding hydrogens is 338 g/mol. The molecule has 1 atom stereocenters. The summed E-state index contributed by atoms with van der Waals surface area (Å²) in [5.74, 6) is 0.416. The summed E-state index contributed by atoms with van der Waals surface area (Å²) in [7, 11) is 1.46. The maximum atomic E-state index is 12.1. The van der Waals surface area contributed by atoms with Gasteiger partial charge in [-0.3, -0.25) is 10.1 Å². The third-order valence-corrected chi connectivity index (χ3v) is 4.64. The van der Waals surface area contributed by atoms with Crippen LogP contribution in [0.15, 0.2) is 29.4 Å². The monoisotopic (exact) mass is 361 g/mol. The van der Waals surface area contributed by atoms with Crippen molar-refractivity contribution < 1.29 is 9.59 Å². The van der Waals surface area contributed by atoms with Gasteiger partial charge in [0.25, 0.3) is 0 Å². The number of carbonyl (C=O) groups excluding carboxylic acids is 2. The summed E-state index contributed by atoms with van der Waals surface area (Å²) in [5, 5.41) is 13.4. The van der Waals surface area contributed by atoms with Gasteiger partial charge in [-0.15, -0.1) is 10.2 Å². The maximum Gasteiger partial charge on any atom is 0.321 e. The van der Waals surface area contributed by atoms with E-state index in [1.54, 1.807) is 6.92 Å². The highest BCUT2D eigenvalue weighted by Gasteiger charge is 2.21. The lowest BCUT2D eigenvalue weighted by atomic mass is 10.1. The maximum absolute atomic E-state index is 12.1. The van der Waals surface area contributed by atoms with Gasteiger partial charge in [0.2, 0.25) is 5.91 Å². The predicted octanol–water partition coefficient (Wildman–Crippen LogP) is 2.60. The minimum Gasteiger partial charge on any atom is -0.341 e. The molecular formula is C17H23N5O2S. The van der Waals surface area contributed by atoms with Crippen LogP contribution in [-0.2, 0) is 11.3 Å². The van der Waals surface area contributed by atoms with Crippen LogP contribution in [0.2, 0.25) is 0 Å². The fraction of sp³-hybridized carbons (Fsp3) is 0.412. The van der Waals surface area contributed by atoms with E-state index in [4.69, 9.17) is 0 Å². The van der Waals surface area contributed by atoms with Gasteiger partial charge in [-0.2, -0.15) is 0 Å². The average Bonchev–Trinajstić information content (AvgIpc) is 2.97. The Hall–Kier alpha value is -2.35. The van der Waals surface area contributed by atoms with Crippen LogP contribution in [0, 0.1) is 6.92 Å². The first-order valence-electron chi connectivity index (χ1n) is 8.15. The largest absolute Gasteiger partial charge is 0.341 e. The quantitative estimate of drug-likeness (QED) is 0.772. The van der Waals surface area contributed by atoms with Crippen molar-refractivity contribution in [1.29, 1.82) is 0 Å². The highest BCUT2D eigenvalue weighted by molar-refractivity contribution is 8.00. The molecule has 7 nitrogen and oxygen atoms in total. The average molecular weight is 361 g/mol. The Morgan fingerprint density at radius 3 is 2.72 bits per heavy atom. The van der Waals surface area contributed by atoms with E-state index in [0.29, 0.717) is 5.16 Å². The first kappa shape index (κ1) is 19.0. The highest BCUT2D eigenvalue weighted by atomic mass is 32.2. The number of nitrogens with zero attached hydrogens (tertiary/aromatic N) is 3. The number of imide groups is 1. The summed E-state index contributed by atoms with van der Waals surface area (Å²) < 4.78 is 2.02. The molecule has 8 heteroatoms. The molecule has 0 aliphatic heterocycles. The number of benzene rings is 1. The fourth-order valence-electron chi connectivity index (χ4n) is 2.29. The van der Waals surface area contributed by atoms with Gasteiger partial charge in [0, 0.05) is 19.2 Å². The van der Waals surface area contributed by atoms with Crippen LogP contribution in [0.25, 0.3) is 11.4 Å². The molecule has 134 valence electrons. The molecule has 1 aromatic carbocycles. The van der Waals surface area contributed by atoms with Crippen molar-refractivity contribution in [3.8, 4) is 11.4 Å². The zero-order chi connectivity index (χ0) is 18.4. The highest BCUT2D eigenvalue weighted by Crippen LogP contribution is 2.27. The van der Waals surface area contributed by atoms with Crippen LogP contribution in [0.5, 0.6) is 0 Å². The molecule has 0 unspecified atom stereocenters. The van der Waals surface area contributed by atoms with Crippen LogP contribution in [-0.4, -0.2) is 39.0 Å². The van der Waals surface area contributed by atoms with Gasteiger partial charge >= 0.3 is 6.03 Å². The molecule has 0 saturated heterocycles. The van der Waals surface area contributed by atoms with Crippen molar-refractivity contribution in [2.75, 3.05) is 7.05 Å². The number of aromatic nitrogens is 3. The van der Waals surface area contributed by atoms with Crippen molar-refractivity contribution in [3.05, 3.63) is 29.8 Å². The lowest BCUT2D eigenvalue weighted by molar-refractivity contribution is -0.119. The lowest BCUT2D eigenvalue weighted by Gasteiger charge is -2.13. The molecule has 0 fully saturated rings. The summed E-state index contributed by atoms with van der Waals surface area (Å²) in [6.07, 6.45) is 0.920. The molecule has 25 heavy (non-hydrogen) atoms. The molecule has 1 heterocycles. The van der Waals surface area contributed by atoms with E-state index in [1.807, 2.05) is 29.7 Å². The first-order valence-corrected chi connectivity index (χ1v) is 9.03. The summed E-state index contributed by atoms with van der Waals surface area (Å²) >= 11 is 1.29. The van der Waals surface area contributed by atoms with E-state index in [2.05, 4.69) is 33.8 Å². The topological polar surface area (TPSA) is 88.9 Å². The molecule has 0 saturated carbocycles. The van der Waals surface area contributed by atoms with E-state index in [1.165, 1.54) is 18.8 Å². The minimum absolute atomic E-state index is 0.368. The number of amides is 3. The normalized spacial score (nSPS) is 11.8. The van der Waals surface area contributed by atoms with E-state index in [9.17, 15) is 9.59 Å². The smallest absolute Gasteiger partial charge is 0.321 e. The summed E-state index contributed by atoms with van der Waals surface area (Å²) in [4.78, 5) is 23.3. The van der Waals surface area contributed by atoms with Gasteiger partial charge in [0.05, 0.1) is 5.25 Å². The second kappa shape index (κ2) is 8.66. The molecule has 3 amide bonds. The Bertz CT molecular complexity index is 759. The van der Waals surface area contributed by atoms with Crippen molar-refractivity contribution in [2.45, 2.75) is 44.1 Å². The standard InChI is InChI=1S/C17H23N5O2S/c1-5-9-22-14(13-8-6-7-11(2)10-13)20-21-17(22)25-12(3)15(23)19-16(24)18-4/h6-8,10,12H,5,9H2,1-4H3,(H2,18,19,23,24)/t12-/m0/s1. The number of hydrogen-bond donors (Lipinski definition) is 2. The zero-order valence-corrected chi connectivity index (χ0v) is 15.7. The SMILES string of the molecule is CCCn1c(S[C@@H](C)C(=O)NC(=O)NC)nnc1-c1cccc(C)c1. The summed E-state index contributed by atoms with van der Waals surface area (Å²) in [6.45, 7) is 6.60. The number of aryl methyl sites for hydroxylation is 1. The molecule has 0 bridgehead atoms. The number of urea groups is 1. The molecule has 0 spiro atoms. The number of rotatable bonds is 6. The first-order chi connectivity index (χ1) is 12.0. The molecule has 2 N–H and O–H groups in total. The molecule has 0 aliphatic carbocycles. The zero-order valence-electron chi connectivity index (χ0n) is 14.9. The summed E-state index contributed by atoms with van der Waals surface area (Å²) in [5.41, 5.74) is 2.14. The van der Waals surface area contributed by atoms with E-state index in [-0.39, 0.29) is 5.91 Å². The number of nitrogens with one attached hydrogen (secondary N) is 2. The molecule has 1 aromatic heterocycles. The minimum atomic E-state index is -0.520. The Morgan fingerprint density at radius 2 is 2.08 bits per heavy atom. The Labute approximate surface area is 151 Å². The van der Waals surface area contributed by atoms with Crippen LogP contribution < -0.4 is 10.6 Å². The Balaban J connectivity index is 2.24. The second-order valence-electron chi connectivity index (χ2n) is 5.66. The Kier molecular flexibility index (Phi) is 6.58.